The summed E-state index contributed by atoms with van der Waals surface area (Å²) in [6, 6.07) is 10.0. The van der Waals surface area contributed by atoms with Crippen LogP contribution >= 0.6 is 11.8 Å². The minimum absolute atomic E-state index is 0.103. The van der Waals surface area contributed by atoms with Crippen molar-refractivity contribution in [1.29, 1.82) is 0 Å². The maximum atomic E-state index is 13.5. The standard InChI is InChI=1S/C25H26F3N6OS/c26-25(27,28)22-16-23(33(29-22)20-5-2-1-3-6-20)30-8-10-32(11-9-30)34-13-4-7-21(34)15-19(17-34)24(35)31-12-14-36-18-31/h1-7,13,15-16H,8-12,14,17-18H2/q+1/t34-/m1/s1. The number of piperazine rings is 1. The zero-order chi connectivity index (χ0) is 24.9. The molecule has 2 aromatic rings. The second kappa shape index (κ2) is 8.82. The fraction of sp³-hybridized carbons (Fsp3) is 0.360. The SMILES string of the molecule is O=C(C1=CC2=CC=C[N@@+]2(N2CCN(c3cc(C(F)(F)F)nn3-c3ccccc3)CC2)C1)N1CCSC1. The van der Waals surface area contributed by atoms with E-state index in [-0.39, 0.29) is 5.91 Å². The summed E-state index contributed by atoms with van der Waals surface area (Å²) in [5.41, 5.74) is 1.57. The molecule has 1 amide bonds. The molecule has 0 unspecified atom stereocenters. The Kier molecular flexibility index (Phi) is 5.73. The van der Waals surface area contributed by atoms with Gasteiger partial charge < -0.3 is 9.80 Å². The van der Waals surface area contributed by atoms with Crippen molar-refractivity contribution in [3.05, 3.63) is 77.8 Å². The minimum Gasteiger partial charge on any atom is -0.353 e. The summed E-state index contributed by atoms with van der Waals surface area (Å²) in [5, 5.41) is 6.20. The van der Waals surface area contributed by atoms with Gasteiger partial charge in [-0.15, -0.1) is 16.8 Å². The van der Waals surface area contributed by atoms with Gasteiger partial charge in [-0.05, 0) is 18.2 Å². The van der Waals surface area contributed by atoms with Crippen LogP contribution in [0.4, 0.5) is 19.0 Å². The molecule has 1 aromatic carbocycles. The van der Waals surface area contributed by atoms with Crippen LogP contribution in [0.1, 0.15) is 5.69 Å². The highest BCUT2D eigenvalue weighted by Crippen LogP contribution is 2.39. The molecule has 0 spiro atoms. The monoisotopic (exact) mass is 515 g/mol. The first-order valence-electron chi connectivity index (χ1n) is 11.9. The Balaban J connectivity index is 1.21. The first-order valence-corrected chi connectivity index (χ1v) is 13.1. The molecule has 0 aliphatic carbocycles. The number of carbonyl (C=O) groups is 1. The molecule has 0 N–H and O–H groups in total. The molecule has 6 rings (SSSR count). The molecule has 4 aliphatic heterocycles. The predicted octanol–water partition coefficient (Wildman–Crippen LogP) is 3.63. The zero-order valence-corrected chi connectivity index (χ0v) is 20.4. The molecule has 0 bridgehead atoms. The molecule has 11 heteroatoms. The molecular formula is C25H26F3N6OS+. The van der Waals surface area contributed by atoms with Crippen LogP contribution in [-0.2, 0) is 11.0 Å². The fourth-order valence-electron chi connectivity index (χ4n) is 5.33. The van der Waals surface area contributed by atoms with Crippen LogP contribution in [0.25, 0.3) is 5.69 Å². The number of quaternary nitrogens is 1. The number of para-hydroxylation sites is 1. The zero-order valence-electron chi connectivity index (χ0n) is 19.6. The molecule has 1 aromatic heterocycles. The molecule has 0 saturated carbocycles. The fourth-order valence-corrected chi connectivity index (χ4v) is 6.27. The van der Waals surface area contributed by atoms with Crippen molar-refractivity contribution in [2.45, 2.75) is 6.18 Å². The number of fused-ring (bicyclic) bond motifs is 1. The van der Waals surface area contributed by atoms with Gasteiger partial charge in [-0.3, -0.25) is 4.79 Å². The van der Waals surface area contributed by atoms with Gasteiger partial charge in [0.25, 0.3) is 5.91 Å². The highest BCUT2D eigenvalue weighted by Gasteiger charge is 2.48. The Bertz CT molecular complexity index is 1260. The Hall–Kier alpha value is -3.02. The summed E-state index contributed by atoms with van der Waals surface area (Å²) in [5.74, 6) is 2.24. The first-order chi connectivity index (χ1) is 17.3. The molecule has 188 valence electrons. The highest BCUT2D eigenvalue weighted by atomic mass is 32.2. The van der Waals surface area contributed by atoms with Crippen LogP contribution in [0.5, 0.6) is 0 Å². The van der Waals surface area contributed by atoms with Gasteiger partial charge in [0.2, 0.25) is 0 Å². The van der Waals surface area contributed by atoms with E-state index in [4.69, 9.17) is 0 Å². The average molecular weight is 516 g/mol. The van der Waals surface area contributed by atoms with E-state index in [0.717, 1.165) is 35.5 Å². The number of allylic oxidation sites excluding steroid dienone is 3. The van der Waals surface area contributed by atoms with Crippen LogP contribution in [0.3, 0.4) is 0 Å². The maximum Gasteiger partial charge on any atom is 0.435 e. The summed E-state index contributed by atoms with van der Waals surface area (Å²) in [6.45, 7) is 3.72. The van der Waals surface area contributed by atoms with Gasteiger partial charge in [-0.2, -0.15) is 22.9 Å². The molecule has 0 radical (unpaired) electrons. The number of benzene rings is 1. The molecule has 36 heavy (non-hydrogen) atoms. The number of alkyl halides is 3. The van der Waals surface area contributed by atoms with E-state index in [1.165, 1.54) is 4.68 Å². The number of rotatable bonds is 4. The number of amides is 1. The summed E-state index contributed by atoms with van der Waals surface area (Å²) in [7, 11) is 0. The number of nitrogens with zero attached hydrogens (tertiary/aromatic N) is 6. The number of halogens is 3. The first kappa shape index (κ1) is 23.4. The smallest absolute Gasteiger partial charge is 0.353 e. The number of hydrogen-bond donors (Lipinski definition) is 0. The second-order valence-corrected chi connectivity index (χ2v) is 10.3. The van der Waals surface area contributed by atoms with Gasteiger partial charge in [-0.1, -0.05) is 18.2 Å². The number of anilines is 1. The number of aromatic nitrogens is 2. The van der Waals surface area contributed by atoms with Crippen molar-refractivity contribution in [2.24, 2.45) is 0 Å². The van der Waals surface area contributed by atoms with E-state index in [0.29, 0.717) is 48.8 Å². The van der Waals surface area contributed by atoms with E-state index in [2.05, 4.69) is 16.3 Å². The van der Waals surface area contributed by atoms with Crippen molar-refractivity contribution in [3.63, 3.8) is 0 Å². The van der Waals surface area contributed by atoms with Gasteiger partial charge in [0.05, 0.1) is 30.2 Å². The van der Waals surface area contributed by atoms with E-state index < -0.39 is 11.9 Å². The molecule has 1 atom stereocenters. The topological polar surface area (TPSA) is 44.6 Å². The van der Waals surface area contributed by atoms with Crippen LogP contribution in [0.2, 0.25) is 0 Å². The maximum absolute atomic E-state index is 13.5. The van der Waals surface area contributed by atoms with Crippen LogP contribution < -0.4 is 4.90 Å². The highest BCUT2D eigenvalue weighted by molar-refractivity contribution is 7.99. The third kappa shape index (κ3) is 3.95. The lowest BCUT2D eigenvalue weighted by atomic mass is 10.2. The van der Waals surface area contributed by atoms with Crippen LogP contribution in [-0.4, -0.2) is 81.1 Å². The third-order valence-electron chi connectivity index (χ3n) is 7.16. The molecule has 4 aliphatic rings. The molecule has 7 nitrogen and oxygen atoms in total. The van der Waals surface area contributed by atoms with Crippen molar-refractivity contribution < 1.29 is 22.6 Å². The Morgan fingerprint density at radius 1 is 1.06 bits per heavy atom. The largest absolute Gasteiger partial charge is 0.435 e. The third-order valence-corrected chi connectivity index (χ3v) is 8.13. The minimum atomic E-state index is -4.52. The van der Waals surface area contributed by atoms with Gasteiger partial charge in [-0.25, -0.2) is 4.68 Å². The van der Waals surface area contributed by atoms with E-state index >= 15 is 0 Å². The van der Waals surface area contributed by atoms with E-state index in [1.807, 2.05) is 34.1 Å². The van der Waals surface area contributed by atoms with Gasteiger partial charge in [0.1, 0.15) is 18.6 Å². The van der Waals surface area contributed by atoms with Crippen LogP contribution in [0.15, 0.2) is 72.1 Å². The van der Waals surface area contributed by atoms with Crippen molar-refractivity contribution in [1.82, 2.24) is 19.7 Å². The molecular weight excluding hydrogens is 489 g/mol. The predicted molar refractivity (Wildman–Crippen MR) is 132 cm³/mol. The second-order valence-electron chi connectivity index (χ2n) is 9.27. The number of carbonyl (C=O) groups excluding carboxylic acids is 1. The van der Waals surface area contributed by atoms with Gasteiger partial charge in [0.15, 0.2) is 11.4 Å². The van der Waals surface area contributed by atoms with Crippen molar-refractivity contribution >= 4 is 23.5 Å². The summed E-state index contributed by atoms with van der Waals surface area (Å²) in [4.78, 5) is 16.9. The van der Waals surface area contributed by atoms with E-state index in [9.17, 15) is 18.0 Å². The summed E-state index contributed by atoms with van der Waals surface area (Å²) in [6.07, 6.45) is 3.66. The normalized spacial score (nSPS) is 24.3. The lowest BCUT2D eigenvalue weighted by Gasteiger charge is -2.44. The average Bonchev–Trinajstić information content (AvgIpc) is 3.67. The van der Waals surface area contributed by atoms with Crippen molar-refractivity contribution in [2.75, 3.05) is 55.8 Å². The Morgan fingerprint density at radius 2 is 1.83 bits per heavy atom. The summed E-state index contributed by atoms with van der Waals surface area (Å²) >= 11 is 1.77. The van der Waals surface area contributed by atoms with Crippen LogP contribution in [0, 0.1) is 0 Å². The quantitative estimate of drug-likeness (QED) is 0.582. The molecule has 5 heterocycles. The molecule has 2 saturated heterocycles. The van der Waals surface area contributed by atoms with Crippen molar-refractivity contribution in [3.8, 4) is 5.69 Å². The lowest BCUT2D eigenvalue weighted by molar-refractivity contribution is -0.948. The number of hydrogen-bond acceptors (Lipinski definition) is 5. The van der Waals surface area contributed by atoms with Gasteiger partial charge >= 0.3 is 6.18 Å². The van der Waals surface area contributed by atoms with E-state index in [1.54, 1.807) is 36.0 Å². The lowest BCUT2D eigenvalue weighted by Crippen LogP contribution is -2.60. The Morgan fingerprint density at radius 3 is 2.53 bits per heavy atom. The number of thioether (sulfide) groups is 1. The summed E-state index contributed by atoms with van der Waals surface area (Å²) < 4.78 is 42.5. The van der Waals surface area contributed by atoms with Gasteiger partial charge in [0, 0.05) is 43.6 Å². The molecule has 2 fully saturated rings. The Labute approximate surface area is 211 Å².